The van der Waals surface area contributed by atoms with Gasteiger partial charge in [0.25, 0.3) is 0 Å². The summed E-state index contributed by atoms with van der Waals surface area (Å²) in [5.74, 6) is -1.39. The van der Waals surface area contributed by atoms with Gasteiger partial charge in [0.15, 0.2) is 0 Å². The smallest absolute Gasteiger partial charge is 0.132 e. The molecule has 1 aromatic heterocycles. The van der Waals surface area contributed by atoms with Crippen LogP contribution in [-0.4, -0.2) is 5.11 Å². The molecule has 0 spiro atoms. The van der Waals surface area contributed by atoms with E-state index >= 15 is 0 Å². The zero-order chi connectivity index (χ0) is 12.6. The van der Waals surface area contributed by atoms with Gasteiger partial charge in [-0.3, -0.25) is 0 Å². The molecule has 0 fully saturated rings. The third-order valence-corrected chi connectivity index (χ3v) is 4.59. The minimum Gasteiger partial charge on any atom is -0.383 e. The second-order valence-corrected chi connectivity index (χ2v) is 6.08. The molecule has 2 rings (SSSR count). The summed E-state index contributed by atoms with van der Waals surface area (Å²) in [6.07, 6.45) is -1.06. The number of aliphatic hydroxyl groups excluding tert-OH is 1. The maximum atomic E-state index is 13.5. The molecule has 0 radical (unpaired) electrons. The van der Waals surface area contributed by atoms with Gasteiger partial charge in [0.05, 0.1) is 3.79 Å². The Bertz CT molecular complexity index is 534. The molecule has 0 aliphatic rings. The number of benzene rings is 1. The van der Waals surface area contributed by atoms with E-state index in [0.717, 1.165) is 21.5 Å². The molecule has 5 heteroatoms. The van der Waals surface area contributed by atoms with Gasteiger partial charge in [-0.05, 0) is 40.5 Å². The lowest BCUT2D eigenvalue weighted by atomic mass is 10.1. The molecule has 0 aliphatic carbocycles. The molecular formula is C12H9BrF2OS. The summed E-state index contributed by atoms with van der Waals surface area (Å²) in [5, 5.41) is 10.0. The molecule has 2 aromatic rings. The van der Waals surface area contributed by atoms with Gasteiger partial charge in [-0.2, -0.15) is 0 Å². The second kappa shape index (κ2) is 4.84. The van der Waals surface area contributed by atoms with Crippen LogP contribution in [0.2, 0.25) is 0 Å². The second-order valence-electron chi connectivity index (χ2n) is 3.67. The van der Waals surface area contributed by atoms with Gasteiger partial charge in [0.1, 0.15) is 17.7 Å². The van der Waals surface area contributed by atoms with Crippen LogP contribution >= 0.6 is 27.3 Å². The summed E-state index contributed by atoms with van der Waals surface area (Å²) in [6.45, 7) is 1.89. The molecule has 1 aromatic carbocycles. The Labute approximate surface area is 110 Å². The lowest BCUT2D eigenvalue weighted by molar-refractivity contribution is 0.218. The van der Waals surface area contributed by atoms with Crippen LogP contribution in [0, 0.1) is 18.6 Å². The van der Waals surface area contributed by atoms with E-state index in [1.54, 1.807) is 6.07 Å². The van der Waals surface area contributed by atoms with E-state index in [0.29, 0.717) is 4.88 Å². The first-order chi connectivity index (χ1) is 7.99. The molecule has 1 unspecified atom stereocenters. The molecule has 0 saturated heterocycles. The number of thiophene rings is 1. The Kier molecular flexibility index (Phi) is 3.61. The van der Waals surface area contributed by atoms with Crippen molar-refractivity contribution in [3.05, 3.63) is 55.7 Å². The zero-order valence-corrected chi connectivity index (χ0v) is 11.3. The van der Waals surface area contributed by atoms with Gasteiger partial charge in [-0.1, -0.05) is 6.07 Å². The van der Waals surface area contributed by atoms with Crippen LogP contribution < -0.4 is 0 Å². The molecule has 17 heavy (non-hydrogen) atoms. The van der Waals surface area contributed by atoms with Crippen LogP contribution in [0.5, 0.6) is 0 Å². The van der Waals surface area contributed by atoms with Crippen LogP contribution in [0.3, 0.4) is 0 Å². The monoisotopic (exact) mass is 318 g/mol. The fourth-order valence-corrected chi connectivity index (χ4v) is 3.07. The highest BCUT2D eigenvalue weighted by Crippen LogP contribution is 2.35. The van der Waals surface area contributed by atoms with Gasteiger partial charge in [-0.15, -0.1) is 11.3 Å². The molecule has 1 heterocycles. The van der Waals surface area contributed by atoms with Crippen LogP contribution in [0.1, 0.15) is 22.1 Å². The van der Waals surface area contributed by atoms with Crippen molar-refractivity contribution in [3.63, 3.8) is 0 Å². The van der Waals surface area contributed by atoms with E-state index in [1.807, 2.05) is 6.92 Å². The number of aliphatic hydroxyl groups is 1. The highest BCUT2D eigenvalue weighted by molar-refractivity contribution is 9.11. The van der Waals surface area contributed by atoms with Gasteiger partial charge < -0.3 is 5.11 Å². The van der Waals surface area contributed by atoms with Crippen molar-refractivity contribution in [1.29, 1.82) is 0 Å². The molecule has 1 atom stereocenters. The highest BCUT2D eigenvalue weighted by atomic mass is 79.9. The van der Waals surface area contributed by atoms with Gasteiger partial charge in [0.2, 0.25) is 0 Å². The fourth-order valence-electron chi connectivity index (χ4n) is 1.49. The fraction of sp³-hybridized carbons (Fsp3) is 0.167. The van der Waals surface area contributed by atoms with Crippen molar-refractivity contribution >= 4 is 27.3 Å². The Morgan fingerprint density at radius 3 is 2.53 bits per heavy atom. The van der Waals surface area contributed by atoms with Crippen LogP contribution in [0.4, 0.5) is 8.78 Å². The predicted molar refractivity (Wildman–Crippen MR) is 67.2 cm³/mol. The van der Waals surface area contributed by atoms with Crippen molar-refractivity contribution in [3.8, 4) is 0 Å². The van der Waals surface area contributed by atoms with Crippen molar-refractivity contribution in [1.82, 2.24) is 0 Å². The van der Waals surface area contributed by atoms with Crippen molar-refractivity contribution < 1.29 is 13.9 Å². The minimum atomic E-state index is -1.06. The van der Waals surface area contributed by atoms with Crippen molar-refractivity contribution in [2.75, 3.05) is 0 Å². The third kappa shape index (κ3) is 2.56. The van der Waals surface area contributed by atoms with Crippen LogP contribution in [0.25, 0.3) is 0 Å². The first-order valence-electron chi connectivity index (χ1n) is 4.88. The molecule has 0 bridgehead atoms. The first-order valence-corrected chi connectivity index (χ1v) is 6.49. The molecule has 0 aliphatic heterocycles. The van der Waals surface area contributed by atoms with E-state index in [2.05, 4.69) is 15.9 Å². The summed E-state index contributed by atoms with van der Waals surface area (Å²) >= 11 is 4.68. The average Bonchev–Trinajstić information content (AvgIpc) is 2.58. The number of hydrogen-bond donors (Lipinski definition) is 1. The maximum absolute atomic E-state index is 13.5. The summed E-state index contributed by atoms with van der Waals surface area (Å²) in [5.41, 5.74) is 1.06. The van der Waals surface area contributed by atoms with Crippen molar-refractivity contribution in [2.45, 2.75) is 13.0 Å². The van der Waals surface area contributed by atoms with E-state index in [9.17, 15) is 13.9 Å². The van der Waals surface area contributed by atoms with Crippen molar-refractivity contribution in [2.24, 2.45) is 0 Å². The molecule has 1 nitrogen and oxygen atoms in total. The molecule has 90 valence electrons. The lowest BCUT2D eigenvalue weighted by Gasteiger charge is -2.09. The molecular weight excluding hydrogens is 310 g/mol. The Morgan fingerprint density at radius 2 is 2.00 bits per heavy atom. The van der Waals surface area contributed by atoms with E-state index in [1.165, 1.54) is 17.4 Å². The number of rotatable bonds is 2. The number of halogens is 3. The van der Waals surface area contributed by atoms with Crippen LogP contribution in [-0.2, 0) is 0 Å². The molecule has 1 N–H and O–H groups in total. The van der Waals surface area contributed by atoms with Gasteiger partial charge >= 0.3 is 0 Å². The maximum Gasteiger partial charge on any atom is 0.132 e. The van der Waals surface area contributed by atoms with Gasteiger partial charge in [0, 0.05) is 16.5 Å². The zero-order valence-electron chi connectivity index (χ0n) is 8.88. The first kappa shape index (κ1) is 12.7. The topological polar surface area (TPSA) is 20.2 Å². The molecule has 0 saturated carbocycles. The van der Waals surface area contributed by atoms with Gasteiger partial charge in [-0.25, -0.2) is 8.78 Å². The predicted octanol–water partition coefficient (Wildman–Crippen LogP) is 4.18. The molecule has 0 amide bonds. The van der Waals surface area contributed by atoms with E-state index < -0.39 is 17.7 Å². The summed E-state index contributed by atoms with van der Waals surface area (Å²) in [7, 11) is 0. The van der Waals surface area contributed by atoms with E-state index in [-0.39, 0.29) is 5.56 Å². The summed E-state index contributed by atoms with van der Waals surface area (Å²) in [6, 6.07) is 4.95. The Hall–Kier alpha value is -0.780. The third-order valence-electron chi connectivity index (χ3n) is 2.40. The average molecular weight is 319 g/mol. The minimum absolute atomic E-state index is 0.0835. The quantitative estimate of drug-likeness (QED) is 0.880. The Morgan fingerprint density at radius 1 is 1.29 bits per heavy atom. The summed E-state index contributed by atoms with van der Waals surface area (Å²) < 4.78 is 27.1. The summed E-state index contributed by atoms with van der Waals surface area (Å²) in [4.78, 5) is 0.625. The van der Waals surface area contributed by atoms with Crippen LogP contribution in [0.15, 0.2) is 28.1 Å². The largest absolute Gasteiger partial charge is 0.383 e. The highest BCUT2D eigenvalue weighted by Gasteiger charge is 2.18. The van der Waals surface area contributed by atoms with E-state index in [4.69, 9.17) is 0 Å². The number of hydrogen-bond acceptors (Lipinski definition) is 2. The Balaban J connectivity index is 2.39. The number of aryl methyl sites for hydroxylation is 1. The normalized spacial score (nSPS) is 12.8. The SMILES string of the molecule is Cc1cc(C(O)c2ccc(F)cc2F)sc1Br. The lowest BCUT2D eigenvalue weighted by Crippen LogP contribution is -2.01. The standard InChI is InChI=1S/C12H9BrF2OS/c1-6-4-10(17-12(6)13)11(16)8-3-2-7(14)5-9(8)15/h2-5,11,16H,1H3.